The van der Waals surface area contributed by atoms with Gasteiger partial charge in [-0.15, -0.1) is 0 Å². The van der Waals surface area contributed by atoms with Crippen molar-refractivity contribution in [3.8, 4) is 0 Å². The highest BCUT2D eigenvalue weighted by atomic mass is 16.5. The number of hydrogen-bond acceptors (Lipinski definition) is 2. The van der Waals surface area contributed by atoms with E-state index in [-0.39, 0.29) is 5.97 Å². The zero-order valence-corrected chi connectivity index (χ0v) is 5.30. The minimum absolute atomic E-state index is 0.304. The average molecular weight is 126 g/mol. The Labute approximate surface area is 54.5 Å². The van der Waals surface area contributed by atoms with E-state index in [0.717, 1.165) is 0 Å². The fraction of sp³-hybridized carbons (Fsp3) is 0.571. The van der Waals surface area contributed by atoms with E-state index in [1.54, 1.807) is 0 Å². The Morgan fingerprint density at radius 1 is 1.78 bits per heavy atom. The van der Waals surface area contributed by atoms with Crippen LogP contribution in [0.5, 0.6) is 0 Å². The lowest BCUT2D eigenvalue weighted by Crippen LogP contribution is -2.02. The lowest BCUT2D eigenvalue weighted by Gasteiger charge is -1.96. The van der Waals surface area contributed by atoms with Gasteiger partial charge in [0.2, 0.25) is 0 Å². The van der Waals surface area contributed by atoms with Gasteiger partial charge in [-0.1, -0.05) is 6.58 Å². The number of rotatable bonds is 3. The van der Waals surface area contributed by atoms with Crippen molar-refractivity contribution in [1.82, 2.24) is 0 Å². The van der Waals surface area contributed by atoms with E-state index in [9.17, 15) is 4.79 Å². The van der Waals surface area contributed by atoms with Gasteiger partial charge in [0.1, 0.15) is 0 Å². The molecule has 2 heteroatoms. The number of carbonyl (C=O) groups is 1. The molecular formula is C7H10O2. The molecule has 0 amide bonds. The van der Waals surface area contributed by atoms with Crippen molar-refractivity contribution in [2.45, 2.75) is 12.8 Å². The lowest BCUT2D eigenvalue weighted by molar-refractivity contribution is -0.138. The average Bonchev–Trinajstić information content (AvgIpc) is 2.65. The number of carbonyl (C=O) groups excluding carboxylic acids is 1. The molecule has 0 spiro atoms. The van der Waals surface area contributed by atoms with Gasteiger partial charge in [0, 0.05) is 6.08 Å². The van der Waals surface area contributed by atoms with Gasteiger partial charge in [0.15, 0.2) is 0 Å². The van der Waals surface area contributed by atoms with Gasteiger partial charge in [0.05, 0.1) is 6.61 Å². The quantitative estimate of drug-likeness (QED) is 0.418. The Balaban J connectivity index is 2.02. The SMILES string of the molecule is C=CC(=O)OCC1CC1. The minimum Gasteiger partial charge on any atom is -0.462 e. The summed E-state index contributed by atoms with van der Waals surface area (Å²) >= 11 is 0. The van der Waals surface area contributed by atoms with E-state index < -0.39 is 0 Å². The highest BCUT2D eigenvalue weighted by Gasteiger charge is 2.22. The van der Waals surface area contributed by atoms with Crippen molar-refractivity contribution >= 4 is 5.97 Å². The standard InChI is InChI=1S/C7H10O2/c1-2-7(8)9-5-6-3-4-6/h2,6H,1,3-5H2. The summed E-state index contributed by atoms with van der Waals surface area (Å²) < 4.78 is 4.76. The number of ether oxygens (including phenoxy) is 1. The summed E-state index contributed by atoms with van der Waals surface area (Å²) in [7, 11) is 0. The summed E-state index contributed by atoms with van der Waals surface area (Å²) in [5.74, 6) is 0.343. The van der Waals surface area contributed by atoms with Gasteiger partial charge >= 0.3 is 5.97 Å². The molecular weight excluding hydrogens is 116 g/mol. The Bertz CT molecular complexity index is 125. The van der Waals surface area contributed by atoms with E-state index in [2.05, 4.69) is 6.58 Å². The second-order valence-corrected chi connectivity index (χ2v) is 2.28. The van der Waals surface area contributed by atoms with Gasteiger partial charge in [0.25, 0.3) is 0 Å². The summed E-state index contributed by atoms with van der Waals surface area (Å²) in [6, 6.07) is 0. The van der Waals surface area contributed by atoms with Crippen LogP contribution in [0.3, 0.4) is 0 Å². The van der Waals surface area contributed by atoms with Crippen molar-refractivity contribution in [2.75, 3.05) is 6.61 Å². The predicted molar refractivity (Wildman–Crippen MR) is 33.9 cm³/mol. The third kappa shape index (κ3) is 2.31. The van der Waals surface area contributed by atoms with Crippen molar-refractivity contribution in [1.29, 1.82) is 0 Å². The van der Waals surface area contributed by atoms with Crippen LogP contribution in [0.2, 0.25) is 0 Å². The summed E-state index contributed by atoms with van der Waals surface area (Å²) in [5.41, 5.74) is 0. The highest BCUT2D eigenvalue weighted by molar-refractivity contribution is 5.81. The normalized spacial score (nSPS) is 16.9. The van der Waals surface area contributed by atoms with Crippen molar-refractivity contribution in [3.05, 3.63) is 12.7 Å². The smallest absolute Gasteiger partial charge is 0.330 e. The molecule has 0 atom stereocenters. The minimum atomic E-state index is -0.304. The van der Waals surface area contributed by atoms with Crippen LogP contribution < -0.4 is 0 Å². The van der Waals surface area contributed by atoms with Crippen molar-refractivity contribution in [3.63, 3.8) is 0 Å². The molecule has 0 aromatic heterocycles. The van der Waals surface area contributed by atoms with Crippen LogP contribution in [0.4, 0.5) is 0 Å². The highest BCUT2D eigenvalue weighted by Crippen LogP contribution is 2.28. The molecule has 0 unspecified atom stereocenters. The van der Waals surface area contributed by atoms with Gasteiger partial charge in [-0.25, -0.2) is 4.79 Å². The molecule has 0 heterocycles. The molecule has 2 nitrogen and oxygen atoms in total. The van der Waals surface area contributed by atoms with E-state index in [1.807, 2.05) is 0 Å². The first-order valence-corrected chi connectivity index (χ1v) is 3.12. The van der Waals surface area contributed by atoms with Gasteiger partial charge < -0.3 is 4.74 Å². The van der Waals surface area contributed by atoms with Gasteiger partial charge in [-0.3, -0.25) is 0 Å². The molecule has 0 aromatic carbocycles. The summed E-state index contributed by atoms with van der Waals surface area (Å²) in [6.45, 7) is 3.87. The van der Waals surface area contributed by atoms with Crippen molar-refractivity contribution < 1.29 is 9.53 Å². The van der Waals surface area contributed by atoms with E-state index in [4.69, 9.17) is 4.74 Å². The van der Waals surface area contributed by atoms with Crippen LogP contribution in [0, 0.1) is 5.92 Å². The van der Waals surface area contributed by atoms with E-state index in [1.165, 1.54) is 18.9 Å². The second kappa shape index (κ2) is 2.67. The molecule has 0 aromatic rings. The fourth-order valence-corrected chi connectivity index (χ4v) is 0.543. The molecule has 50 valence electrons. The zero-order valence-electron chi connectivity index (χ0n) is 5.30. The third-order valence-corrected chi connectivity index (χ3v) is 1.32. The molecule has 1 aliphatic rings. The summed E-state index contributed by atoms with van der Waals surface area (Å²) in [4.78, 5) is 10.4. The van der Waals surface area contributed by atoms with E-state index >= 15 is 0 Å². The first kappa shape index (κ1) is 6.33. The Morgan fingerprint density at radius 3 is 2.89 bits per heavy atom. The molecule has 0 aliphatic heterocycles. The fourth-order valence-electron chi connectivity index (χ4n) is 0.543. The number of hydrogen-bond donors (Lipinski definition) is 0. The lowest BCUT2D eigenvalue weighted by atomic mass is 10.5. The molecule has 1 saturated carbocycles. The van der Waals surface area contributed by atoms with Crippen LogP contribution in [0.15, 0.2) is 12.7 Å². The molecule has 0 radical (unpaired) electrons. The Kier molecular flexibility index (Phi) is 1.88. The monoisotopic (exact) mass is 126 g/mol. The Hall–Kier alpha value is -0.790. The molecule has 1 rings (SSSR count). The van der Waals surface area contributed by atoms with Gasteiger partial charge in [-0.2, -0.15) is 0 Å². The van der Waals surface area contributed by atoms with Crippen LogP contribution in [0.1, 0.15) is 12.8 Å². The first-order valence-electron chi connectivity index (χ1n) is 3.12. The second-order valence-electron chi connectivity index (χ2n) is 2.28. The number of esters is 1. The zero-order chi connectivity index (χ0) is 6.69. The summed E-state index contributed by atoms with van der Waals surface area (Å²) in [5, 5.41) is 0. The predicted octanol–water partition coefficient (Wildman–Crippen LogP) is 1.13. The first-order chi connectivity index (χ1) is 4.33. The third-order valence-electron chi connectivity index (χ3n) is 1.32. The Morgan fingerprint density at radius 2 is 2.44 bits per heavy atom. The molecule has 1 fully saturated rings. The van der Waals surface area contributed by atoms with Crippen molar-refractivity contribution in [2.24, 2.45) is 5.92 Å². The maximum Gasteiger partial charge on any atom is 0.330 e. The van der Waals surface area contributed by atoms with E-state index in [0.29, 0.717) is 12.5 Å². The molecule has 0 N–H and O–H groups in total. The topological polar surface area (TPSA) is 26.3 Å². The molecule has 0 saturated heterocycles. The maximum absolute atomic E-state index is 10.4. The largest absolute Gasteiger partial charge is 0.462 e. The maximum atomic E-state index is 10.4. The molecule has 0 bridgehead atoms. The van der Waals surface area contributed by atoms with Crippen LogP contribution in [-0.2, 0) is 9.53 Å². The molecule has 1 aliphatic carbocycles. The summed E-state index contributed by atoms with van der Waals surface area (Å²) in [6.07, 6.45) is 3.62. The van der Waals surface area contributed by atoms with Crippen LogP contribution >= 0.6 is 0 Å². The van der Waals surface area contributed by atoms with Crippen LogP contribution in [0.25, 0.3) is 0 Å². The molecule has 9 heavy (non-hydrogen) atoms. The van der Waals surface area contributed by atoms with Gasteiger partial charge in [-0.05, 0) is 18.8 Å². The van der Waals surface area contributed by atoms with Crippen LogP contribution in [-0.4, -0.2) is 12.6 Å².